The summed E-state index contributed by atoms with van der Waals surface area (Å²) in [5.74, 6) is -3.95. The summed E-state index contributed by atoms with van der Waals surface area (Å²) in [6.45, 7) is 0.897. The Bertz CT molecular complexity index is 558. The molecule has 0 aromatic carbocycles. The maximum absolute atomic E-state index is 12.4. The molecule has 154 valence electrons. The van der Waals surface area contributed by atoms with Gasteiger partial charge in [-0.05, 0) is 31.8 Å². The van der Waals surface area contributed by atoms with Gasteiger partial charge in [0.25, 0.3) is 0 Å². The lowest BCUT2D eigenvalue weighted by Crippen LogP contribution is -2.56. The Labute approximate surface area is 160 Å². The van der Waals surface area contributed by atoms with E-state index in [2.05, 4.69) is 16.0 Å². The third-order valence-electron chi connectivity index (χ3n) is 3.46. The number of rotatable bonds is 13. The van der Waals surface area contributed by atoms with Gasteiger partial charge in [0.15, 0.2) is 0 Å². The van der Waals surface area contributed by atoms with E-state index < -0.39 is 47.8 Å². The van der Waals surface area contributed by atoms with Crippen LogP contribution in [0.15, 0.2) is 0 Å². The third-order valence-corrected chi connectivity index (χ3v) is 4.10. The number of nitrogens with two attached hydrogens (primary N) is 1. The summed E-state index contributed by atoms with van der Waals surface area (Å²) in [5.41, 5.74) is 5.19. The quantitative estimate of drug-likeness (QED) is 0.203. The van der Waals surface area contributed by atoms with E-state index in [1.165, 1.54) is 18.7 Å². The number of thioether (sulfide) groups is 1. The lowest BCUT2D eigenvalue weighted by molar-refractivity contribution is -0.141. The predicted octanol–water partition coefficient (Wildman–Crippen LogP) is -1.88. The van der Waals surface area contributed by atoms with Gasteiger partial charge in [-0.3, -0.25) is 24.0 Å². The minimum Gasteiger partial charge on any atom is -0.481 e. The summed E-state index contributed by atoms with van der Waals surface area (Å²) in [4.78, 5) is 57.8. The lowest BCUT2D eigenvalue weighted by atomic mass is 10.1. The molecule has 0 fully saturated rings. The van der Waals surface area contributed by atoms with Crippen molar-refractivity contribution >= 4 is 41.4 Å². The molecule has 0 aliphatic carbocycles. The van der Waals surface area contributed by atoms with Crippen molar-refractivity contribution in [3.8, 4) is 0 Å². The number of hydrogen-bond acceptors (Lipinski definition) is 7. The van der Waals surface area contributed by atoms with E-state index in [1.807, 2.05) is 0 Å². The van der Waals surface area contributed by atoms with Gasteiger partial charge in [-0.2, -0.15) is 11.8 Å². The molecular weight excluding hydrogens is 380 g/mol. The number of carbonyl (C=O) groups excluding carboxylic acids is 3. The van der Waals surface area contributed by atoms with Crippen molar-refractivity contribution in [1.82, 2.24) is 16.0 Å². The minimum absolute atomic E-state index is 0.185. The van der Waals surface area contributed by atoms with Crippen molar-refractivity contribution in [2.24, 2.45) is 5.73 Å². The Hall–Kier alpha value is -2.34. The van der Waals surface area contributed by atoms with Gasteiger partial charge in [-0.15, -0.1) is 0 Å². The Morgan fingerprint density at radius 1 is 0.963 bits per heavy atom. The molecule has 0 radical (unpaired) electrons. The molecule has 0 spiro atoms. The molecule has 3 amide bonds. The SMILES string of the molecule is CSCCC(NC(=O)C(CCC(=O)O)NC(=O)CN)C(=O)NC(C)C(=O)O. The van der Waals surface area contributed by atoms with Crippen molar-refractivity contribution in [2.45, 2.75) is 44.3 Å². The molecule has 0 saturated carbocycles. The first-order chi connectivity index (χ1) is 12.6. The van der Waals surface area contributed by atoms with Gasteiger partial charge < -0.3 is 31.9 Å². The fourth-order valence-corrected chi connectivity index (χ4v) is 2.41. The molecule has 12 heteroatoms. The summed E-state index contributed by atoms with van der Waals surface area (Å²) in [6.07, 6.45) is 1.46. The average Bonchev–Trinajstić information content (AvgIpc) is 2.60. The van der Waals surface area contributed by atoms with Gasteiger partial charge in [0.1, 0.15) is 18.1 Å². The van der Waals surface area contributed by atoms with Crippen LogP contribution in [0.2, 0.25) is 0 Å². The van der Waals surface area contributed by atoms with Crippen molar-refractivity contribution in [1.29, 1.82) is 0 Å². The van der Waals surface area contributed by atoms with E-state index in [9.17, 15) is 24.0 Å². The van der Waals surface area contributed by atoms with Gasteiger partial charge in [0.2, 0.25) is 17.7 Å². The molecule has 0 heterocycles. The van der Waals surface area contributed by atoms with E-state index in [1.54, 1.807) is 6.26 Å². The first kappa shape index (κ1) is 24.7. The maximum Gasteiger partial charge on any atom is 0.325 e. The number of nitrogens with one attached hydrogen (secondary N) is 3. The normalized spacial score (nSPS) is 13.7. The highest BCUT2D eigenvalue weighted by Gasteiger charge is 2.28. The average molecular weight is 406 g/mol. The number of carboxylic acid groups (broad SMARTS) is 2. The largest absolute Gasteiger partial charge is 0.481 e. The topological polar surface area (TPSA) is 188 Å². The lowest BCUT2D eigenvalue weighted by Gasteiger charge is -2.23. The molecule has 7 N–H and O–H groups in total. The van der Waals surface area contributed by atoms with Crippen LogP contribution in [-0.4, -0.2) is 76.6 Å². The summed E-state index contributed by atoms with van der Waals surface area (Å²) in [6, 6.07) is -3.36. The first-order valence-corrected chi connectivity index (χ1v) is 9.55. The van der Waals surface area contributed by atoms with Gasteiger partial charge in [0, 0.05) is 6.42 Å². The number of hydrogen-bond donors (Lipinski definition) is 6. The van der Waals surface area contributed by atoms with E-state index in [0.29, 0.717) is 5.75 Å². The summed E-state index contributed by atoms with van der Waals surface area (Å²) >= 11 is 1.42. The molecule has 11 nitrogen and oxygen atoms in total. The van der Waals surface area contributed by atoms with Crippen LogP contribution in [0.5, 0.6) is 0 Å². The van der Waals surface area contributed by atoms with E-state index in [4.69, 9.17) is 15.9 Å². The number of aliphatic carboxylic acids is 2. The fourth-order valence-electron chi connectivity index (χ4n) is 1.94. The number of carbonyl (C=O) groups is 5. The zero-order chi connectivity index (χ0) is 21.0. The Morgan fingerprint density at radius 2 is 1.52 bits per heavy atom. The molecule has 3 atom stereocenters. The van der Waals surface area contributed by atoms with Gasteiger partial charge in [0.05, 0.1) is 6.54 Å². The predicted molar refractivity (Wildman–Crippen MR) is 98.0 cm³/mol. The molecule has 3 unspecified atom stereocenters. The molecule has 0 rings (SSSR count). The molecule has 0 saturated heterocycles. The highest BCUT2D eigenvalue weighted by atomic mass is 32.2. The summed E-state index contributed by atoms with van der Waals surface area (Å²) in [5, 5.41) is 24.7. The zero-order valence-corrected chi connectivity index (χ0v) is 16.0. The second-order valence-electron chi connectivity index (χ2n) is 5.67. The molecule has 0 aliphatic rings. The molecule has 0 aromatic rings. The van der Waals surface area contributed by atoms with E-state index in [0.717, 1.165) is 0 Å². The maximum atomic E-state index is 12.4. The van der Waals surface area contributed by atoms with Gasteiger partial charge in [-0.1, -0.05) is 0 Å². The third kappa shape index (κ3) is 10.4. The van der Waals surface area contributed by atoms with Crippen LogP contribution in [0.25, 0.3) is 0 Å². The first-order valence-electron chi connectivity index (χ1n) is 8.16. The minimum atomic E-state index is -1.23. The zero-order valence-electron chi connectivity index (χ0n) is 15.2. The van der Waals surface area contributed by atoms with E-state index >= 15 is 0 Å². The molecular formula is C15H26N4O7S. The fraction of sp³-hybridized carbons (Fsp3) is 0.667. The molecule has 0 aromatic heterocycles. The van der Waals surface area contributed by atoms with Gasteiger partial charge in [-0.25, -0.2) is 0 Å². The van der Waals surface area contributed by atoms with Crippen LogP contribution in [0.1, 0.15) is 26.2 Å². The highest BCUT2D eigenvalue weighted by Crippen LogP contribution is 2.05. The van der Waals surface area contributed by atoms with Crippen LogP contribution in [-0.2, 0) is 24.0 Å². The van der Waals surface area contributed by atoms with Crippen LogP contribution < -0.4 is 21.7 Å². The van der Waals surface area contributed by atoms with Crippen LogP contribution in [0.4, 0.5) is 0 Å². The van der Waals surface area contributed by atoms with Crippen LogP contribution >= 0.6 is 11.8 Å². The second kappa shape index (κ2) is 12.9. The monoisotopic (exact) mass is 406 g/mol. The highest BCUT2D eigenvalue weighted by molar-refractivity contribution is 7.98. The van der Waals surface area contributed by atoms with E-state index in [-0.39, 0.29) is 25.8 Å². The molecule has 0 bridgehead atoms. The standard InChI is InChI=1S/C15H26N4O7S/c1-8(15(25)26)17-13(23)10(5-6-27-2)19-14(24)9(3-4-12(21)22)18-11(20)7-16/h8-10H,3-7,16H2,1-2H3,(H,17,23)(H,18,20)(H,19,24)(H,21,22)(H,25,26). The molecule has 27 heavy (non-hydrogen) atoms. The van der Waals surface area contributed by atoms with Crippen LogP contribution in [0, 0.1) is 0 Å². The van der Waals surface area contributed by atoms with Crippen molar-refractivity contribution < 1.29 is 34.2 Å². The number of amides is 3. The summed E-state index contributed by atoms with van der Waals surface area (Å²) in [7, 11) is 0. The Balaban J connectivity index is 5.15. The molecule has 0 aliphatic heterocycles. The van der Waals surface area contributed by atoms with Crippen LogP contribution in [0.3, 0.4) is 0 Å². The number of carboxylic acids is 2. The Kier molecular flexibility index (Phi) is 11.8. The van der Waals surface area contributed by atoms with Crippen molar-refractivity contribution in [2.75, 3.05) is 18.6 Å². The Morgan fingerprint density at radius 3 is 2.00 bits per heavy atom. The smallest absolute Gasteiger partial charge is 0.325 e. The second-order valence-corrected chi connectivity index (χ2v) is 6.65. The van der Waals surface area contributed by atoms with Gasteiger partial charge >= 0.3 is 11.9 Å². The van der Waals surface area contributed by atoms with Crippen molar-refractivity contribution in [3.63, 3.8) is 0 Å². The van der Waals surface area contributed by atoms with Crippen molar-refractivity contribution in [3.05, 3.63) is 0 Å². The summed E-state index contributed by atoms with van der Waals surface area (Å²) < 4.78 is 0.